The molecule has 2 atom stereocenters. The standard InChI is InChI=1S/C15H21BrN2O2/c1-10-6-13(4-5-14(10)16)17-15(19)9-18-7-11(2)20-12(3)8-18/h4-6,11-12H,7-9H2,1-3H3,(H,17,19)/p+1/t11-,12-/m1/s1. The van der Waals surface area contributed by atoms with E-state index in [9.17, 15) is 4.79 Å². The van der Waals surface area contributed by atoms with Gasteiger partial charge in [-0.2, -0.15) is 0 Å². The van der Waals surface area contributed by atoms with Gasteiger partial charge in [-0.05, 0) is 44.5 Å². The van der Waals surface area contributed by atoms with Crippen molar-refractivity contribution in [3.63, 3.8) is 0 Å². The van der Waals surface area contributed by atoms with E-state index < -0.39 is 0 Å². The Labute approximate surface area is 128 Å². The Morgan fingerprint density at radius 2 is 2.05 bits per heavy atom. The molecular formula is C15H22BrN2O2+. The molecule has 4 nitrogen and oxygen atoms in total. The first-order valence-corrected chi connectivity index (χ1v) is 7.78. The van der Waals surface area contributed by atoms with Crippen LogP contribution in [0.3, 0.4) is 0 Å². The number of aryl methyl sites for hydroxylation is 1. The number of rotatable bonds is 3. The van der Waals surface area contributed by atoms with Crippen molar-refractivity contribution >= 4 is 27.5 Å². The number of carbonyl (C=O) groups excluding carboxylic acids is 1. The van der Waals surface area contributed by atoms with Gasteiger partial charge in [0.2, 0.25) is 0 Å². The van der Waals surface area contributed by atoms with Crippen LogP contribution in [0.15, 0.2) is 22.7 Å². The van der Waals surface area contributed by atoms with Crippen LogP contribution in [0.2, 0.25) is 0 Å². The molecule has 2 N–H and O–H groups in total. The summed E-state index contributed by atoms with van der Waals surface area (Å²) in [7, 11) is 0. The first-order valence-electron chi connectivity index (χ1n) is 6.99. The number of hydrogen-bond acceptors (Lipinski definition) is 2. The highest BCUT2D eigenvalue weighted by atomic mass is 79.9. The third-order valence-electron chi connectivity index (χ3n) is 3.47. The normalized spacial score (nSPS) is 26.3. The van der Waals surface area contributed by atoms with Gasteiger partial charge in [0.05, 0.1) is 0 Å². The molecule has 5 heteroatoms. The van der Waals surface area contributed by atoms with E-state index in [1.54, 1.807) is 0 Å². The van der Waals surface area contributed by atoms with Gasteiger partial charge in [0, 0.05) is 10.2 Å². The molecule has 1 amide bonds. The fraction of sp³-hybridized carbons (Fsp3) is 0.533. The molecule has 0 unspecified atom stereocenters. The monoisotopic (exact) mass is 341 g/mol. The Balaban J connectivity index is 1.90. The second-order valence-corrected chi connectivity index (χ2v) is 6.46. The average Bonchev–Trinajstić information content (AvgIpc) is 2.32. The molecule has 1 heterocycles. The van der Waals surface area contributed by atoms with Gasteiger partial charge in [-0.15, -0.1) is 0 Å². The van der Waals surface area contributed by atoms with E-state index >= 15 is 0 Å². The quantitative estimate of drug-likeness (QED) is 0.872. The molecule has 0 saturated carbocycles. The number of halogens is 1. The Bertz CT molecular complexity index is 483. The van der Waals surface area contributed by atoms with Crippen molar-refractivity contribution in [3.8, 4) is 0 Å². The molecule has 1 aromatic carbocycles. The zero-order valence-electron chi connectivity index (χ0n) is 12.2. The average molecular weight is 342 g/mol. The molecule has 0 aliphatic carbocycles. The van der Waals surface area contributed by atoms with E-state index in [4.69, 9.17) is 4.74 Å². The van der Waals surface area contributed by atoms with Gasteiger partial charge >= 0.3 is 0 Å². The molecule has 1 aliphatic rings. The smallest absolute Gasteiger partial charge is 0.279 e. The SMILES string of the molecule is Cc1cc(NC(=O)C[NH+]2C[C@@H](C)O[C@H](C)C2)ccc1Br. The lowest BCUT2D eigenvalue weighted by molar-refractivity contribution is -0.907. The molecule has 1 saturated heterocycles. The second-order valence-electron chi connectivity index (χ2n) is 5.60. The first kappa shape index (κ1) is 15.5. The highest BCUT2D eigenvalue weighted by Gasteiger charge is 2.27. The summed E-state index contributed by atoms with van der Waals surface area (Å²) < 4.78 is 6.74. The number of anilines is 1. The number of quaternary nitrogens is 1. The van der Waals surface area contributed by atoms with Gasteiger partial charge in [-0.25, -0.2) is 0 Å². The highest BCUT2D eigenvalue weighted by molar-refractivity contribution is 9.10. The van der Waals surface area contributed by atoms with Crippen LogP contribution in [0.5, 0.6) is 0 Å². The van der Waals surface area contributed by atoms with Gasteiger partial charge in [0.1, 0.15) is 25.3 Å². The summed E-state index contributed by atoms with van der Waals surface area (Å²) >= 11 is 3.46. The van der Waals surface area contributed by atoms with Crippen LogP contribution in [0.25, 0.3) is 0 Å². The van der Waals surface area contributed by atoms with Gasteiger partial charge < -0.3 is 15.0 Å². The van der Waals surface area contributed by atoms with Crippen molar-refractivity contribution in [2.24, 2.45) is 0 Å². The molecule has 1 fully saturated rings. The van der Waals surface area contributed by atoms with Crippen molar-refractivity contribution in [1.82, 2.24) is 0 Å². The molecule has 1 aromatic rings. The molecule has 1 aliphatic heterocycles. The van der Waals surface area contributed by atoms with E-state index in [-0.39, 0.29) is 18.1 Å². The Kier molecular flexibility index (Phi) is 5.18. The topological polar surface area (TPSA) is 42.8 Å². The number of benzene rings is 1. The zero-order valence-corrected chi connectivity index (χ0v) is 13.8. The van der Waals surface area contributed by atoms with Crippen LogP contribution in [-0.4, -0.2) is 37.7 Å². The minimum atomic E-state index is 0.0584. The van der Waals surface area contributed by atoms with E-state index in [1.807, 2.05) is 25.1 Å². The summed E-state index contributed by atoms with van der Waals surface area (Å²) in [6, 6.07) is 5.84. The maximum absolute atomic E-state index is 12.1. The van der Waals surface area contributed by atoms with Crippen LogP contribution in [0.4, 0.5) is 5.69 Å². The van der Waals surface area contributed by atoms with E-state index in [0.29, 0.717) is 6.54 Å². The second kappa shape index (κ2) is 6.70. The fourth-order valence-corrected chi connectivity index (χ4v) is 2.93. The summed E-state index contributed by atoms with van der Waals surface area (Å²) in [5.41, 5.74) is 1.97. The predicted octanol–water partition coefficient (Wildman–Crippen LogP) is 1.39. The Hall–Kier alpha value is -0.910. The first-order chi connectivity index (χ1) is 9.44. The van der Waals surface area contributed by atoms with Crippen LogP contribution in [0.1, 0.15) is 19.4 Å². The van der Waals surface area contributed by atoms with Crippen LogP contribution in [-0.2, 0) is 9.53 Å². The third kappa shape index (κ3) is 4.30. The summed E-state index contributed by atoms with van der Waals surface area (Å²) in [4.78, 5) is 13.4. The molecule has 0 bridgehead atoms. The number of carbonyl (C=O) groups is 1. The van der Waals surface area contributed by atoms with Crippen molar-refractivity contribution in [2.45, 2.75) is 33.0 Å². The number of hydrogen-bond donors (Lipinski definition) is 2. The number of ether oxygens (including phenoxy) is 1. The van der Waals surface area contributed by atoms with Gasteiger partial charge in [-0.3, -0.25) is 4.79 Å². The molecule has 20 heavy (non-hydrogen) atoms. The van der Waals surface area contributed by atoms with Crippen LogP contribution in [0, 0.1) is 6.92 Å². The Morgan fingerprint density at radius 1 is 1.40 bits per heavy atom. The molecule has 2 rings (SSSR count). The van der Waals surface area contributed by atoms with Crippen LogP contribution >= 0.6 is 15.9 Å². The molecule has 110 valence electrons. The van der Waals surface area contributed by atoms with Gasteiger partial charge in [-0.1, -0.05) is 15.9 Å². The third-order valence-corrected chi connectivity index (χ3v) is 4.36. The highest BCUT2D eigenvalue weighted by Crippen LogP contribution is 2.19. The summed E-state index contributed by atoms with van der Waals surface area (Å²) in [6.45, 7) is 8.40. The molecule has 0 aromatic heterocycles. The van der Waals surface area contributed by atoms with Crippen molar-refractivity contribution in [1.29, 1.82) is 0 Å². The van der Waals surface area contributed by atoms with Crippen molar-refractivity contribution in [3.05, 3.63) is 28.2 Å². The van der Waals surface area contributed by atoms with Crippen molar-refractivity contribution < 1.29 is 14.4 Å². The molecule has 0 spiro atoms. The number of nitrogens with one attached hydrogen (secondary N) is 2. The van der Waals surface area contributed by atoms with Gasteiger partial charge in [0.25, 0.3) is 5.91 Å². The van der Waals surface area contributed by atoms with E-state index in [2.05, 4.69) is 35.1 Å². The Morgan fingerprint density at radius 3 is 2.65 bits per heavy atom. The van der Waals surface area contributed by atoms with Gasteiger partial charge in [0.15, 0.2) is 6.54 Å². The summed E-state index contributed by atoms with van der Waals surface area (Å²) in [5, 5.41) is 2.97. The molecular weight excluding hydrogens is 320 g/mol. The largest absolute Gasteiger partial charge is 0.364 e. The zero-order chi connectivity index (χ0) is 14.7. The van der Waals surface area contributed by atoms with Crippen LogP contribution < -0.4 is 10.2 Å². The number of morpholine rings is 1. The van der Waals surface area contributed by atoms with E-state index in [0.717, 1.165) is 28.8 Å². The lowest BCUT2D eigenvalue weighted by Gasteiger charge is -2.31. The minimum Gasteiger partial charge on any atom is -0.364 e. The summed E-state index contributed by atoms with van der Waals surface area (Å²) in [5.74, 6) is 0.0584. The maximum Gasteiger partial charge on any atom is 0.279 e. The molecule has 0 radical (unpaired) electrons. The minimum absolute atomic E-state index is 0.0584. The predicted molar refractivity (Wildman–Crippen MR) is 83.1 cm³/mol. The number of amides is 1. The fourth-order valence-electron chi connectivity index (χ4n) is 2.69. The van der Waals surface area contributed by atoms with E-state index in [1.165, 1.54) is 4.90 Å². The maximum atomic E-state index is 12.1. The lowest BCUT2D eigenvalue weighted by atomic mass is 10.2. The lowest BCUT2D eigenvalue weighted by Crippen LogP contribution is -3.16. The summed E-state index contributed by atoms with van der Waals surface area (Å²) in [6.07, 6.45) is 0.438. The van der Waals surface area contributed by atoms with Crippen molar-refractivity contribution in [2.75, 3.05) is 25.0 Å².